The van der Waals surface area contributed by atoms with Gasteiger partial charge in [-0.3, -0.25) is 0 Å². The minimum absolute atomic E-state index is 0.229. The second-order valence-electron chi connectivity index (χ2n) is 4.43. The van der Waals surface area contributed by atoms with Crippen molar-refractivity contribution in [2.24, 2.45) is 0 Å². The highest BCUT2D eigenvalue weighted by atomic mass is 79.9. The van der Waals surface area contributed by atoms with Gasteiger partial charge in [-0.1, -0.05) is 37.3 Å². The van der Waals surface area contributed by atoms with Crippen LogP contribution in [0.3, 0.4) is 0 Å². The van der Waals surface area contributed by atoms with Crippen molar-refractivity contribution < 1.29 is 14.2 Å². The van der Waals surface area contributed by atoms with Gasteiger partial charge >= 0.3 is 0 Å². The molecule has 0 aliphatic carbocycles. The van der Waals surface area contributed by atoms with E-state index in [1.54, 1.807) is 36.4 Å². The van der Waals surface area contributed by atoms with Crippen LogP contribution in [0.4, 0.5) is 4.39 Å². The van der Waals surface area contributed by atoms with Crippen LogP contribution in [0.15, 0.2) is 46.9 Å². The lowest BCUT2D eigenvalue weighted by atomic mass is 10.0. The number of hydrogen-bond donors (Lipinski definition) is 1. The minimum Gasteiger partial charge on any atom is -0.493 e. The van der Waals surface area contributed by atoms with Crippen LogP contribution in [-0.2, 0) is 0 Å². The second-order valence-corrected chi connectivity index (χ2v) is 5.29. The molecule has 1 unspecified atom stereocenters. The van der Waals surface area contributed by atoms with Gasteiger partial charge in [0.25, 0.3) is 0 Å². The Balaban J connectivity index is 2.38. The zero-order valence-corrected chi connectivity index (χ0v) is 12.7. The first kappa shape index (κ1) is 15.0. The minimum atomic E-state index is -1.06. The first-order chi connectivity index (χ1) is 9.65. The predicted molar refractivity (Wildman–Crippen MR) is 80.4 cm³/mol. The molecule has 1 atom stereocenters. The van der Waals surface area contributed by atoms with Crippen molar-refractivity contribution in [3.8, 4) is 5.75 Å². The summed E-state index contributed by atoms with van der Waals surface area (Å²) in [4.78, 5) is 0. The maximum absolute atomic E-state index is 14.1. The van der Waals surface area contributed by atoms with Crippen LogP contribution >= 0.6 is 15.9 Å². The van der Waals surface area contributed by atoms with Crippen molar-refractivity contribution >= 4 is 15.9 Å². The van der Waals surface area contributed by atoms with Gasteiger partial charge in [0, 0.05) is 11.1 Å². The molecule has 0 aliphatic rings. The third kappa shape index (κ3) is 3.19. The van der Waals surface area contributed by atoms with E-state index in [0.717, 1.165) is 6.42 Å². The van der Waals surface area contributed by atoms with E-state index in [-0.39, 0.29) is 5.56 Å². The Bertz CT molecular complexity index is 586. The fourth-order valence-corrected chi connectivity index (χ4v) is 2.33. The summed E-state index contributed by atoms with van der Waals surface area (Å²) in [6, 6.07) is 12.0. The van der Waals surface area contributed by atoms with Gasteiger partial charge < -0.3 is 9.84 Å². The third-order valence-electron chi connectivity index (χ3n) is 2.95. The Morgan fingerprint density at radius 2 is 1.85 bits per heavy atom. The smallest absolute Gasteiger partial charge is 0.143 e. The Labute approximate surface area is 126 Å². The number of para-hydroxylation sites is 1. The van der Waals surface area contributed by atoms with Gasteiger partial charge in [-0.15, -0.1) is 0 Å². The Morgan fingerprint density at radius 1 is 1.15 bits per heavy atom. The van der Waals surface area contributed by atoms with E-state index in [0.29, 0.717) is 22.4 Å². The number of aliphatic hydroxyl groups excluding tert-OH is 1. The molecule has 0 aliphatic heterocycles. The maximum atomic E-state index is 14.1. The molecule has 2 rings (SSSR count). The molecule has 0 saturated heterocycles. The number of ether oxygens (including phenoxy) is 1. The summed E-state index contributed by atoms with van der Waals surface area (Å²) in [6.45, 7) is 2.57. The van der Waals surface area contributed by atoms with Gasteiger partial charge in [0.15, 0.2) is 0 Å². The number of benzene rings is 2. The third-order valence-corrected chi connectivity index (χ3v) is 3.56. The topological polar surface area (TPSA) is 29.5 Å². The zero-order valence-electron chi connectivity index (χ0n) is 11.1. The van der Waals surface area contributed by atoms with Gasteiger partial charge in [-0.25, -0.2) is 4.39 Å². The fourth-order valence-electron chi connectivity index (χ4n) is 1.95. The van der Waals surface area contributed by atoms with Crippen LogP contribution in [0.2, 0.25) is 0 Å². The summed E-state index contributed by atoms with van der Waals surface area (Å²) < 4.78 is 20.0. The van der Waals surface area contributed by atoms with E-state index in [2.05, 4.69) is 15.9 Å². The lowest BCUT2D eigenvalue weighted by Crippen LogP contribution is -2.06. The molecule has 0 fully saturated rings. The van der Waals surface area contributed by atoms with Crippen LogP contribution in [-0.4, -0.2) is 11.7 Å². The average molecular weight is 339 g/mol. The van der Waals surface area contributed by atoms with Gasteiger partial charge in [-0.05, 0) is 34.5 Å². The Morgan fingerprint density at radius 3 is 2.60 bits per heavy atom. The van der Waals surface area contributed by atoms with E-state index in [9.17, 15) is 9.50 Å². The number of aliphatic hydroxyl groups is 1. The summed E-state index contributed by atoms with van der Waals surface area (Å²) in [7, 11) is 0. The summed E-state index contributed by atoms with van der Waals surface area (Å²) >= 11 is 3.13. The Hall–Kier alpha value is -1.39. The summed E-state index contributed by atoms with van der Waals surface area (Å²) in [5.41, 5.74) is 0.796. The molecule has 106 valence electrons. The fraction of sp³-hybridized carbons (Fsp3) is 0.250. The number of hydrogen-bond acceptors (Lipinski definition) is 2. The van der Waals surface area contributed by atoms with Crippen LogP contribution in [0.25, 0.3) is 0 Å². The monoisotopic (exact) mass is 338 g/mol. The molecular weight excluding hydrogens is 323 g/mol. The van der Waals surface area contributed by atoms with E-state index in [1.165, 1.54) is 0 Å². The Kier molecular flexibility index (Phi) is 5.15. The average Bonchev–Trinajstić information content (AvgIpc) is 2.47. The molecule has 1 N–H and O–H groups in total. The molecule has 0 bridgehead atoms. The molecule has 0 heterocycles. The van der Waals surface area contributed by atoms with E-state index >= 15 is 0 Å². The summed E-state index contributed by atoms with van der Waals surface area (Å²) in [6.07, 6.45) is -0.184. The molecule has 0 radical (unpaired) electrons. The summed E-state index contributed by atoms with van der Waals surface area (Å²) in [5.74, 6) is 0.131. The van der Waals surface area contributed by atoms with Crippen molar-refractivity contribution in [3.05, 3.63) is 63.9 Å². The van der Waals surface area contributed by atoms with Crippen LogP contribution in [0.1, 0.15) is 30.6 Å². The molecule has 0 saturated carbocycles. The van der Waals surface area contributed by atoms with E-state index in [4.69, 9.17) is 4.74 Å². The van der Waals surface area contributed by atoms with Gasteiger partial charge in [0.1, 0.15) is 17.7 Å². The van der Waals surface area contributed by atoms with E-state index in [1.807, 2.05) is 13.0 Å². The van der Waals surface area contributed by atoms with E-state index < -0.39 is 11.9 Å². The van der Waals surface area contributed by atoms with Crippen LogP contribution in [0, 0.1) is 5.82 Å². The molecular formula is C16H16BrFO2. The van der Waals surface area contributed by atoms with Gasteiger partial charge in [0.2, 0.25) is 0 Å². The molecule has 4 heteroatoms. The summed E-state index contributed by atoms with van der Waals surface area (Å²) in [5, 5.41) is 10.4. The normalized spacial score (nSPS) is 12.2. The lowest BCUT2D eigenvalue weighted by Gasteiger charge is -2.17. The standard InChI is InChI=1S/C16H16BrFO2/c1-2-10-20-14-9-4-3-6-11(14)16(19)12-7-5-8-13(17)15(12)18/h3-9,16,19H,2,10H2,1H3. The van der Waals surface area contributed by atoms with Crippen molar-refractivity contribution in [2.45, 2.75) is 19.4 Å². The first-order valence-electron chi connectivity index (χ1n) is 6.48. The maximum Gasteiger partial charge on any atom is 0.143 e. The molecule has 2 nitrogen and oxygen atoms in total. The number of rotatable bonds is 5. The highest BCUT2D eigenvalue weighted by Gasteiger charge is 2.19. The van der Waals surface area contributed by atoms with Crippen molar-refractivity contribution in [3.63, 3.8) is 0 Å². The van der Waals surface area contributed by atoms with Crippen molar-refractivity contribution in [1.29, 1.82) is 0 Å². The molecule has 0 aromatic heterocycles. The van der Waals surface area contributed by atoms with Crippen molar-refractivity contribution in [1.82, 2.24) is 0 Å². The molecule has 20 heavy (non-hydrogen) atoms. The molecule has 2 aromatic carbocycles. The van der Waals surface area contributed by atoms with Crippen LogP contribution < -0.4 is 4.74 Å². The van der Waals surface area contributed by atoms with Gasteiger partial charge in [0.05, 0.1) is 11.1 Å². The highest BCUT2D eigenvalue weighted by molar-refractivity contribution is 9.10. The second kappa shape index (κ2) is 6.86. The highest BCUT2D eigenvalue weighted by Crippen LogP contribution is 2.33. The largest absolute Gasteiger partial charge is 0.493 e. The molecule has 0 amide bonds. The molecule has 0 spiro atoms. The lowest BCUT2D eigenvalue weighted by molar-refractivity contribution is 0.205. The quantitative estimate of drug-likeness (QED) is 0.872. The SMILES string of the molecule is CCCOc1ccccc1C(O)c1cccc(Br)c1F. The van der Waals surface area contributed by atoms with Gasteiger partial charge in [-0.2, -0.15) is 0 Å². The molecule has 2 aromatic rings. The number of halogens is 2. The van der Waals surface area contributed by atoms with Crippen molar-refractivity contribution in [2.75, 3.05) is 6.61 Å². The zero-order chi connectivity index (χ0) is 14.5. The predicted octanol–water partition coefficient (Wildman–Crippen LogP) is 4.46. The first-order valence-corrected chi connectivity index (χ1v) is 7.28. The van der Waals surface area contributed by atoms with Crippen LogP contribution in [0.5, 0.6) is 5.75 Å².